The van der Waals surface area contributed by atoms with E-state index in [4.69, 9.17) is 18.9 Å². The second-order valence-corrected chi connectivity index (χ2v) is 7.10. The molecule has 1 aliphatic rings. The lowest BCUT2D eigenvalue weighted by molar-refractivity contribution is 0.0943. The molecule has 0 aliphatic carbocycles. The van der Waals surface area contributed by atoms with Crippen molar-refractivity contribution in [3.8, 4) is 23.0 Å². The van der Waals surface area contributed by atoms with E-state index in [1.165, 1.54) is 20.3 Å². The third-order valence-corrected chi connectivity index (χ3v) is 5.17. The van der Waals surface area contributed by atoms with Crippen LogP contribution in [-0.2, 0) is 10.0 Å². The predicted molar refractivity (Wildman–Crippen MR) is 91.1 cm³/mol. The second kappa shape index (κ2) is 7.20. The Bertz CT molecular complexity index is 852. The summed E-state index contributed by atoms with van der Waals surface area (Å²) in [7, 11) is -0.922. The smallest absolute Gasteiger partial charge is 0.244 e. The van der Waals surface area contributed by atoms with E-state index in [1.54, 1.807) is 24.3 Å². The first-order valence-corrected chi connectivity index (χ1v) is 9.12. The fourth-order valence-electron chi connectivity index (χ4n) is 2.44. The number of nitrogens with one attached hydrogen (secondary N) is 1. The van der Waals surface area contributed by atoms with Gasteiger partial charge in [0.1, 0.15) is 29.1 Å². The third kappa shape index (κ3) is 3.80. The molecule has 1 heterocycles. The van der Waals surface area contributed by atoms with Crippen molar-refractivity contribution in [1.82, 2.24) is 4.72 Å². The average Bonchev–Trinajstić information content (AvgIpc) is 2.65. The molecule has 0 spiro atoms. The molecule has 8 heteroatoms. The number of hydrogen-bond donors (Lipinski definition) is 1. The molecule has 3 rings (SSSR count). The molecule has 0 radical (unpaired) electrons. The van der Waals surface area contributed by atoms with Gasteiger partial charge < -0.3 is 18.9 Å². The monoisotopic (exact) mass is 365 g/mol. The molecule has 2 aromatic carbocycles. The van der Waals surface area contributed by atoms with Crippen LogP contribution in [-0.4, -0.2) is 41.9 Å². The van der Waals surface area contributed by atoms with E-state index in [1.807, 2.05) is 12.1 Å². The highest BCUT2D eigenvalue weighted by Gasteiger charge is 2.25. The minimum atomic E-state index is -3.80. The van der Waals surface area contributed by atoms with Gasteiger partial charge in [-0.3, -0.25) is 0 Å². The Morgan fingerprint density at radius 2 is 1.88 bits per heavy atom. The van der Waals surface area contributed by atoms with Crippen LogP contribution in [0.1, 0.15) is 0 Å². The lowest BCUT2D eigenvalue weighted by Gasteiger charge is -2.26. The maximum absolute atomic E-state index is 12.6. The molecule has 0 aromatic heterocycles. The Labute approximate surface area is 146 Å². The van der Waals surface area contributed by atoms with E-state index in [9.17, 15) is 8.42 Å². The van der Waals surface area contributed by atoms with Crippen LogP contribution in [0.25, 0.3) is 0 Å². The zero-order valence-electron chi connectivity index (χ0n) is 13.9. The van der Waals surface area contributed by atoms with E-state index >= 15 is 0 Å². The van der Waals surface area contributed by atoms with E-state index in [0.717, 1.165) is 0 Å². The van der Waals surface area contributed by atoms with Crippen molar-refractivity contribution in [2.75, 3.05) is 27.4 Å². The van der Waals surface area contributed by atoms with E-state index in [2.05, 4.69) is 4.72 Å². The highest BCUT2D eigenvalue weighted by Crippen LogP contribution is 2.31. The summed E-state index contributed by atoms with van der Waals surface area (Å²) in [5.41, 5.74) is 0. The Hall–Kier alpha value is -2.45. The summed E-state index contributed by atoms with van der Waals surface area (Å²) >= 11 is 0. The van der Waals surface area contributed by atoms with Gasteiger partial charge >= 0.3 is 0 Å². The van der Waals surface area contributed by atoms with Crippen molar-refractivity contribution in [3.63, 3.8) is 0 Å². The van der Waals surface area contributed by atoms with Crippen LogP contribution in [0.5, 0.6) is 23.0 Å². The molecule has 0 amide bonds. The van der Waals surface area contributed by atoms with Crippen molar-refractivity contribution in [2.45, 2.75) is 11.0 Å². The van der Waals surface area contributed by atoms with Gasteiger partial charge in [0.15, 0.2) is 11.5 Å². The van der Waals surface area contributed by atoms with Crippen LogP contribution in [0, 0.1) is 0 Å². The summed E-state index contributed by atoms with van der Waals surface area (Å²) in [6.07, 6.45) is -0.429. The first-order valence-electron chi connectivity index (χ1n) is 7.63. The van der Waals surface area contributed by atoms with Crippen molar-refractivity contribution in [3.05, 3.63) is 42.5 Å². The standard InChI is InChI=1S/C17H19NO6S/c1-21-12-7-8-16(22-2)17(9-12)25(19,20)18-10-13-11-23-14-5-3-4-6-15(14)24-13/h3-9,13,18H,10-11H2,1-2H3/t13-/m1/s1. The molecule has 2 aromatic rings. The molecule has 1 atom stereocenters. The maximum Gasteiger partial charge on any atom is 0.244 e. The van der Waals surface area contributed by atoms with Crippen molar-refractivity contribution in [2.24, 2.45) is 0 Å². The molecular formula is C17H19NO6S. The highest BCUT2D eigenvalue weighted by atomic mass is 32.2. The molecule has 25 heavy (non-hydrogen) atoms. The van der Waals surface area contributed by atoms with Gasteiger partial charge in [-0.15, -0.1) is 0 Å². The lowest BCUT2D eigenvalue weighted by atomic mass is 10.2. The zero-order chi connectivity index (χ0) is 17.9. The van der Waals surface area contributed by atoms with Gasteiger partial charge in [-0.2, -0.15) is 0 Å². The summed E-state index contributed by atoms with van der Waals surface area (Å²) in [5, 5.41) is 0. The number of sulfonamides is 1. The quantitative estimate of drug-likeness (QED) is 0.841. The largest absolute Gasteiger partial charge is 0.497 e. The van der Waals surface area contributed by atoms with Gasteiger partial charge in [-0.1, -0.05) is 12.1 Å². The SMILES string of the molecule is COc1ccc(OC)c(S(=O)(=O)NC[C@@H]2COc3ccccc3O2)c1. The minimum absolute atomic E-state index is 0.00600. The topological polar surface area (TPSA) is 83.1 Å². The molecular weight excluding hydrogens is 346 g/mol. The van der Waals surface area contributed by atoms with Gasteiger partial charge in [-0.05, 0) is 24.3 Å². The Kier molecular flexibility index (Phi) is 5.00. The van der Waals surface area contributed by atoms with Crippen molar-refractivity contribution >= 4 is 10.0 Å². The average molecular weight is 365 g/mol. The van der Waals surface area contributed by atoms with Crippen LogP contribution in [0.15, 0.2) is 47.4 Å². The molecule has 134 valence electrons. The zero-order valence-corrected chi connectivity index (χ0v) is 14.7. The fourth-order valence-corrected chi connectivity index (χ4v) is 3.69. The highest BCUT2D eigenvalue weighted by molar-refractivity contribution is 7.89. The molecule has 0 unspecified atom stereocenters. The molecule has 1 aliphatic heterocycles. The lowest BCUT2D eigenvalue weighted by Crippen LogP contribution is -2.40. The Morgan fingerprint density at radius 3 is 2.60 bits per heavy atom. The number of hydrogen-bond acceptors (Lipinski definition) is 6. The number of benzene rings is 2. The molecule has 1 N–H and O–H groups in total. The molecule has 0 saturated carbocycles. The fraction of sp³-hybridized carbons (Fsp3) is 0.294. The summed E-state index contributed by atoms with van der Waals surface area (Å²) < 4.78 is 49.4. The Morgan fingerprint density at radius 1 is 1.12 bits per heavy atom. The molecule has 0 saturated heterocycles. The minimum Gasteiger partial charge on any atom is -0.497 e. The van der Waals surface area contributed by atoms with E-state index < -0.39 is 16.1 Å². The van der Waals surface area contributed by atoms with E-state index in [0.29, 0.717) is 17.2 Å². The number of fused-ring (bicyclic) bond motifs is 1. The summed E-state index contributed by atoms with van der Waals surface area (Å²) in [6, 6.07) is 11.8. The van der Waals surface area contributed by atoms with E-state index in [-0.39, 0.29) is 23.8 Å². The third-order valence-electron chi connectivity index (χ3n) is 3.73. The van der Waals surface area contributed by atoms with Gasteiger partial charge in [0.25, 0.3) is 0 Å². The van der Waals surface area contributed by atoms with Crippen LogP contribution >= 0.6 is 0 Å². The maximum atomic E-state index is 12.6. The van der Waals surface area contributed by atoms with Crippen molar-refractivity contribution < 1.29 is 27.4 Å². The van der Waals surface area contributed by atoms with Gasteiger partial charge in [0, 0.05) is 6.07 Å². The summed E-state index contributed by atoms with van der Waals surface area (Å²) in [4.78, 5) is 0.00600. The van der Waals surface area contributed by atoms with Gasteiger partial charge in [0.2, 0.25) is 10.0 Å². The molecule has 0 fully saturated rings. The van der Waals surface area contributed by atoms with Gasteiger partial charge in [-0.25, -0.2) is 13.1 Å². The number of para-hydroxylation sites is 2. The van der Waals surface area contributed by atoms with Crippen LogP contribution in [0.4, 0.5) is 0 Å². The summed E-state index contributed by atoms with van der Waals surface area (Å²) in [6.45, 7) is 0.325. The predicted octanol–water partition coefficient (Wildman–Crippen LogP) is 1.82. The second-order valence-electron chi connectivity index (χ2n) is 5.37. The normalized spacial score (nSPS) is 16.3. The number of rotatable bonds is 6. The van der Waals surface area contributed by atoms with Crippen molar-refractivity contribution in [1.29, 1.82) is 0 Å². The Balaban J connectivity index is 1.73. The molecule has 0 bridgehead atoms. The first-order chi connectivity index (χ1) is 12.0. The number of ether oxygens (including phenoxy) is 4. The van der Waals surface area contributed by atoms with Gasteiger partial charge in [0.05, 0.1) is 20.8 Å². The molecule has 7 nitrogen and oxygen atoms in total. The van der Waals surface area contributed by atoms with Crippen LogP contribution < -0.4 is 23.7 Å². The summed E-state index contributed by atoms with van der Waals surface area (Å²) in [5.74, 6) is 1.90. The number of methoxy groups -OCH3 is 2. The van der Waals surface area contributed by atoms with Crippen LogP contribution in [0.3, 0.4) is 0 Å². The van der Waals surface area contributed by atoms with Crippen LogP contribution in [0.2, 0.25) is 0 Å². The first kappa shape index (κ1) is 17.4.